The molecule has 1 saturated heterocycles. The van der Waals surface area contributed by atoms with E-state index >= 15 is 0 Å². The summed E-state index contributed by atoms with van der Waals surface area (Å²) in [6, 6.07) is 9.38. The van der Waals surface area contributed by atoms with Crippen LogP contribution in [-0.4, -0.2) is 49.1 Å². The van der Waals surface area contributed by atoms with Crippen molar-refractivity contribution in [2.75, 3.05) is 33.2 Å². The van der Waals surface area contributed by atoms with Crippen molar-refractivity contribution in [1.29, 1.82) is 0 Å². The van der Waals surface area contributed by atoms with Gasteiger partial charge in [-0.1, -0.05) is 31.2 Å². The van der Waals surface area contributed by atoms with E-state index in [0.717, 1.165) is 19.0 Å². The molecule has 3 nitrogen and oxygen atoms in total. The molecule has 2 rings (SSSR count). The zero-order valence-corrected chi connectivity index (χ0v) is 13.9. The van der Waals surface area contributed by atoms with Gasteiger partial charge < -0.3 is 10.6 Å². The van der Waals surface area contributed by atoms with Crippen LogP contribution in [0.1, 0.15) is 43.4 Å². The number of hydrogen-bond donors (Lipinski definition) is 1. The molecule has 21 heavy (non-hydrogen) atoms. The van der Waals surface area contributed by atoms with Crippen LogP contribution in [0.25, 0.3) is 0 Å². The number of likely N-dealkylation sites (tertiary alicyclic amines) is 1. The minimum absolute atomic E-state index is 0.152. The van der Waals surface area contributed by atoms with Crippen molar-refractivity contribution in [2.24, 2.45) is 5.73 Å². The summed E-state index contributed by atoms with van der Waals surface area (Å²) in [6.45, 7) is 9.12. The summed E-state index contributed by atoms with van der Waals surface area (Å²) in [5, 5.41) is 0. The molecule has 2 N–H and O–H groups in total. The number of rotatable bonds is 7. The van der Waals surface area contributed by atoms with Crippen molar-refractivity contribution >= 4 is 0 Å². The van der Waals surface area contributed by atoms with Gasteiger partial charge in [0.15, 0.2) is 0 Å². The molecule has 0 bridgehead atoms. The minimum Gasteiger partial charge on any atom is -0.324 e. The highest BCUT2D eigenvalue weighted by Gasteiger charge is 2.24. The zero-order chi connectivity index (χ0) is 15.2. The minimum atomic E-state index is 0.152. The Morgan fingerprint density at radius 1 is 1.38 bits per heavy atom. The highest BCUT2D eigenvalue weighted by atomic mass is 15.2. The molecule has 0 saturated carbocycles. The fourth-order valence-electron chi connectivity index (χ4n) is 3.49. The van der Waals surface area contributed by atoms with E-state index in [0.29, 0.717) is 0 Å². The molecular formula is C18H31N3. The lowest BCUT2D eigenvalue weighted by Crippen LogP contribution is -2.39. The van der Waals surface area contributed by atoms with E-state index in [4.69, 9.17) is 5.73 Å². The first-order chi connectivity index (χ1) is 10.1. The SMILES string of the molecule is CCN1CCCC1CN(C)CCC(N)c1ccccc1C. The largest absolute Gasteiger partial charge is 0.324 e. The Balaban J connectivity index is 1.78. The summed E-state index contributed by atoms with van der Waals surface area (Å²) < 4.78 is 0. The summed E-state index contributed by atoms with van der Waals surface area (Å²) in [5.41, 5.74) is 8.97. The van der Waals surface area contributed by atoms with Crippen LogP contribution in [0.2, 0.25) is 0 Å². The van der Waals surface area contributed by atoms with E-state index < -0.39 is 0 Å². The molecule has 1 aliphatic heterocycles. The quantitative estimate of drug-likeness (QED) is 0.838. The average Bonchev–Trinajstić information content (AvgIpc) is 2.92. The molecule has 118 valence electrons. The second kappa shape index (κ2) is 7.92. The molecule has 0 aromatic heterocycles. The van der Waals surface area contributed by atoms with E-state index in [1.807, 2.05) is 0 Å². The zero-order valence-electron chi connectivity index (χ0n) is 13.9. The van der Waals surface area contributed by atoms with Gasteiger partial charge in [0.1, 0.15) is 0 Å². The van der Waals surface area contributed by atoms with Gasteiger partial charge in [-0.2, -0.15) is 0 Å². The third-order valence-corrected chi connectivity index (χ3v) is 4.84. The van der Waals surface area contributed by atoms with E-state index in [9.17, 15) is 0 Å². The Morgan fingerprint density at radius 2 is 2.14 bits per heavy atom. The molecule has 1 heterocycles. The Hall–Kier alpha value is -0.900. The molecule has 2 atom stereocenters. The lowest BCUT2D eigenvalue weighted by Gasteiger charge is -2.28. The van der Waals surface area contributed by atoms with Gasteiger partial charge in [-0.05, 0) is 64.0 Å². The second-order valence-corrected chi connectivity index (χ2v) is 6.44. The van der Waals surface area contributed by atoms with Gasteiger partial charge in [0.05, 0.1) is 0 Å². The summed E-state index contributed by atoms with van der Waals surface area (Å²) in [6.07, 6.45) is 3.73. The van der Waals surface area contributed by atoms with Crippen LogP contribution in [0.3, 0.4) is 0 Å². The summed E-state index contributed by atoms with van der Waals surface area (Å²) in [7, 11) is 2.23. The lowest BCUT2D eigenvalue weighted by molar-refractivity contribution is 0.195. The maximum absolute atomic E-state index is 6.37. The normalized spacial score (nSPS) is 21.1. The van der Waals surface area contributed by atoms with Crippen molar-refractivity contribution in [2.45, 2.75) is 45.2 Å². The van der Waals surface area contributed by atoms with Crippen molar-refractivity contribution in [3.8, 4) is 0 Å². The van der Waals surface area contributed by atoms with Crippen LogP contribution in [0.4, 0.5) is 0 Å². The molecule has 0 amide bonds. The highest BCUT2D eigenvalue weighted by molar-refractivity contribution is 5.28. The fraction of sp³-hybridized carbons (Fsp3) is 0.667. The molecular weight excluding hydrogens is 258 g/mol. The Kier molecular flexibility index (Phi) is 6.22. The number of benzene rings is 1. The van der Waals surface area contributed by atoms with Crippen LogP contribution >= 0.6 is 0 Å². The van der Waals surface area contributed by atoms with Gasteiger partial charge in [-0.15, -0.1) is 0 Å². The van der Waals surface area contributed by atoms with Crippen molar-refractivity contribution in [1.82, 2.24) is 9.80 Å². The molecule has 0 radical (unpaired) electrons. The van der Waals surface area contributed by atoms with Gasteiger partial charge in [0.2, 0.25) is 0 Å². The number of nitrogens with zero attached hydrogens (tertiary/aromatic N) is 2. The van der Waals surface area contributed by atoms with Crippen molar-refractivity contribution < 1.29 is 0 Å². The average molecular weight is 289 g/mol. The number of nitrogens with two attached hydrogens (primary N) is 1. The van der Waals surface area contributed by atoms with E-state index in [1.54, 1.807) is 0 Å². The second-order valence-electron chi connectivity index (χ2n) is 6.44. The summed E-state index contributed by atoms with van der Waals surface area (Å²) >= 11 is 0. The molecule has 1 aromatic carbocycles. The van der Waals surface area contributed by atoms with Gasteiger partial charge in [-0.25, -0.2) is 0 Å². The Labute approximate surface area is 130 Å². The van der Waals surface area contributed by atoms with Gasteiger partial charge in [0, 0.05) is 18.6 Å². The Morgan fingerprint density at radius 3 is 2.86 bits per heavy atom. The smallest absolute Gasteiger partial charge is 0.0309 e. The predicted octanol–water partition coefficient (Wildman–Crippen LogP) is 2.80. The number of aryl methyl sites for hydroxylation is 1. The molecule has 0 spiro atoms. The van der Waals surface area contributed by atoms with Gasteiger partial charge in [-0.3, -0.25) is 4.90 Å². The molecule has 2 unspecified atom stereocenters. The third-order valence-electron chi connectivity index (χ3n) is 4.84. The van der Waals surface area contributed by atoms with Crippen LogP contribution < -0.4 is 5.73 Å². The van der Waals surface area contributed by atoms with Gasteiger partial charge >= 0.3 is 0 Å². The van der Waals surface area contributed by atoms with Crippen LogP contribution in [0, 0.1) is 6.92 Å². The molecule has 3 heteroatoms. The Bertz CT molecular complexity index is 432. The van der Waals surface area contributed by atoms with Crippen molar-refractivity contribution in [3.05, 3.63) is 35.4 Å². The molecule has 1 aliphatic rings. The first-order valence-corrected chi connectivity index (χ1v) is 8.35. The van der Waals surface area contributed by atoms with E-state index in [1.165, 1.54) is 43.6 Å². The number of likely N-dealkylation sites (N-methyl/N-ethyl adjacent to an activating group) is 2. The first-order valence-electron chi connectivity index (χ1n) is 8.35. The highest BCUT2D eigenvalue weighted by Crippen LogP contribution is 2.20. The van der Waals surface area contributed by atoms with Crippen LogP contribution in [0.15, 0.2) is 24.3 Å². The summed E-state index contributed by atoms with van der Waals surface area (Å²) in [4.78, 5) is 5.06. The van der Waals surface area contributed by atoms with Crippen molar-refractivity contribution in [3.63, 3.8) is 0 Å². The van der Waals surface area contributed by atoms with Gasteiger partial charge in [0.25, 0.3) is 0 Å². The monoisotopic (exact) mass is 289 g/mol. The first kappa shape index (κ1) is 16.5. The summed E-state index contributed by atoms with van der Waals surface area (Å²) in [5.74, 6) is 0. The maximum Gasteiger partial charge on any atom is 0.0309 e. The van der Waals surface area contributed by atoms with E-state index in [-0.39, 0.29) is 6.04 Å². The van der Waals surface area contributed by atoms with E-state index in [2.05, 4.69) is 55.0 Å². The number of hydrogen-bond acceptors (Lipinski definition) is 3. The lowest BCUT2D eigenvalue weighted by atomic mass is 9.99. The van der Waals surface area contributed by atoms with Crippen LogP contribution in [0.5, 0.6) is 0 Å². The molecule has 1 aromatic rings. The molecule has 0 aliphatic carbocycles. The molecule has 1 fully saturated rings. The standard InChI is InChI=1S/C18H31N3/c1-4-21-12-7-9-16(21)14-20(3)13-11-18(19)17-10-6-5-8-15(17)2/h5-6,8,10,16,18H,4,7,9,11-14,19H2,1-3H3. The fourth-order valence-corrected chi connectivity index (χ4v) is 3.49. The van der Waals surface area contributed by atoms with Crippen LogP contribution in [-0.2, 0) is 0 Å². The maximum atomic E-state index is 6.37. The third kappa shape index (κ3) is 4.53. The predicted molar refractivity (Wildman–Crippen MR) is 90.5 cm³/mol. The topological polar surface area (TPSA) is 32.5 Å².